The van der Waals surface area contributed by atoms with Gasteiger partial charge in [-0.05, 0) is 6.92 Å². The van der Waals surface area contributed by atoms with E-state index in [1.54, 1.807) is 6.92 Å². The van der Waals surface area contributed by atoms with E-state index < -0.39 is 6.10 Å². The number of fused-ring (bicyclic) bond motifs is 2. The van der Waals surface area contributed by atoms with Gasteiger partial charge in [-0.25, -0.2) is 0 Å². The molecule has 3 nitrogen and oxygen atoms in total. The van der Waals surface area contributed by atoms with E-state index in [1.165, 1.54) is 0 Å². The zero-order chi connectivity index (χ0) is 9.59. The van der Waals surface area contributed by atoms with Crippen LogP contribution in [0.1, 0.15) is 20.8 Å². The summed E-state index contributed by atoms with van der Waals surface area (Å²) in [6.45, 7) is 6.74. The minimum atomic E-state index is -0.394. The fourth-order valence-electron chi connectivity index (χ4n) is 2.58. The average Bonchev–Trinajstić information content (AvgIpc) is 2.29. The molecule has 76 valence electrons. The largest absolute Gasteiger partial charge is 0.391 e. The highest BCUT2D eigenvalue weighted by Crippen LogP contribution is 2.38. The third kappa shape index (κ3) is 1.39. The first-order valence-electron chi connectivity index (χ1n) is 5.06. The number of hydrogen-bond donors (Lipinski definition) is 1. The topological polar surface area (TPSA) is 38.7 Å². The van der Waals surface area contributed by atoms with E-state index in [0.29, 0.717) is 18.4 Å². The Morgan fingerprint density at radius 2 is 2.00 bits per heavy atom. The molecule has 0 radical (unpaired) electrons. The summed E-state index contributed by atoms with van der Waals surface area (Å²) in [7, 11) is 0. The van der Waals surface area contributed by atoms with Crippen molar-refractivity contribution >= 4 is 0 Å². The van der Waals surface area contributed by atoms with Crippen LogP contribution in [0.3, 0.4) is 0 Å². The van der Waals surface area contributed by atoms with Crippen LogP contribution in [0.5, 0.6) is 0 Å². The van der Waals surface area contributed by atoms with Crippen molar-refractivity contribution in [2.24, 2.45) is 11.8 Å². The second-order valence-corrected chi connectivity index (χ2v) is 4.40. The van der Waals surface area contributed by atoms with Crippen LogP contribution in [-0.4, -0.2) is 36.1 Å². The second-order valence-electron chi connectivity index (χ2n) is 4.40. The predicted octanol–water partition coefficient (Wildman–Crippen LogP) is 0.806. The molecule has 2 heterocycles. The van der Waals surface area contributed by atoms with Crippen LogP contribution >= 0.6 is 0 Å². The van der Waals surface area contributed by atoms with Crippen molar-refractivity contribution in [1.82, 2.24) is 0 Å². The zero-order valence-corrected chi connectivity index (χ0v) is 8.43. The Morgan fingerprint density at radius 1 is 1.31 bits per heavy atom. The maximum absolute atomic E-state index is 9.52. The van der Waals surface area contributed by atoms with Gasteiger partial charge in [0.2, 0.25) is 0 Å². The zero-order valence-electron chi connectivity index (χ0n) is 8.43. The lowest BCUT2D eigenvalue weighted by molar-refractivity contribution is -0.138. The third-order valence-electron chi connectivity index (χ3n) is 3.40. The van der Waals surface area contributed by atoms with Crippen LogP contribution in [0.15, 0.2) is 0 Å². The van der Waals surface area contributed by atoms with Gasteiger partial charge in [-0.1, -0.05) is 13.8 Å². The molecule has 0 aromatic carbocycles. The molecule has 2 saturated heterocycles. The molecule has 0 aromatic rings. The number of rotatable bonds is 1. The van der Waals surface area contributed by atoms with Gasteiger partial charge in [-0.2, -0.15) is 0 Å². The summed E-state index contributed by atoms with van der Waals surface area (Å²) >= 11 is 0. The number of hydrogen-bond acceptors (Lipinski definition) is 3. The van der Waals surface area contributed by atoms with E-state index in [9.17, 15) is 5.11 Å². The third-order valence-corrected chi connectivity index (χ3v) is 3.40. The first kappa shape index (κ1) is 9.44. The van der Waals surface area contributed by atoms with Crippen LogP contribution in [-0.2, 0) is 9.47 Å². The van der Waals surface area contributed by atoms with Gasteiger partial charge in [0.05, 0.1) is 31.0 Å². The molecule has 13 heavy (non-hydrogen) atoms. The molecular formula is C10H18O3. The summed E-state index contributed by atoms with van der Waals surface area (Å²) in [4.78, 5) is 0. The molecule has 2 rings (SSSR count). The molecular weight excluding hydrogens is 168 g/mol. The fraction of sp³-hybridized carbons (Fsp3) is 1.00. The Kier molecular flexibility index (Phi) is 2.34. The van der Waals surface area contributed by atoms with Gasteiger partial charge < -0.3 is 14.6 Å². The first-order valence-corrected chi connectivity index (χ1v) is 5.06. The SMILES string of the molecule is C[C@@H]1[C@@H]2OC[C@H](O[C@@H]1[C@@H](C)O)[C@H]2C. The lowest BCUT2D eigenvalue weighted by atomic mass is 9.83. The first-order chi connectivity index (χ1) is 6.11. The molecule has 1 N–H and O–H groups in total. The summed E-state index contributed by atoms with van der Waals surface area (Å²) in [6, 6.07) is 0. The lowest BCUT2D eigenvalue weighted by Gasteiger charge is -2.38. The highest BCUT2D eigenvalue weighted by atomic mass is 16.6. The number of ether oxygens (including phenoxy) is 2. The normalized spacial score (nSPS) is 52.2. The molecule has 0 spiro atoms. The van der Waals surface area contributed by atoms with Gasteiger partial charge in [-0.3, -0.25) is 0 Å². The van der Waals surface area contributed by atoms with Gasteiger partial charge >= 0.3 is 0 Å². The van der Waals surface area contributed by atoms with Crippen LogP contribution < -0.4 is 0 Å². The van der Waals surface area contributed by atoms with E-state index in [4.69, 9.17) is 9.47 Å². The monoisotopic (exact) mass is 186 g/mol. The van der Waals surface area contributed by atoms with Crippen molar-refractivity contribution in [3.8, 4) is 0 Å². The van der Waals surface area contributed by atoms with E-state index in [-0.39, 0.29) is 18.3 Å². The molecule has 0 unspecified atom stereocenters. The van der Waals surface area contributed by atoms with Gasteiger partial charge in [-0.15, -0.1) is 0 Å². The Labute approximate surface area is 79.0 Å². The van der Waals surface area contributed by atoms with E-state index in [2.05, 4.69) is 13.8 Å². The van der Waals surface area contributed by atoms with E-state index in [1.807, 2.05) is 0 Å². The van der Waals surface area contributed by atoms with Crippen molar-refractivity contribution in [1.29, 1.82) is 0 Å². The lowest BCUT2D eigenvalue weighted by Crippen LogP contribution is -2.48. The fourth-order valence-corrected chi connectivity index (χ4v) is 2.58. The van der Waals surface area contributed by atoms with Gasteiger partial charge in [0, 0.05) is 11.8 Å². The van der Waals surface area contributed by atoms with Crippen molar-refractivity contribution in [2.45, 2.75) is 45.2 Å². The minimum absolute atomic E-state index is 0.0475. The van der Waals surface area contributed by atoms with Crippen molar-refractivity contribution in [3.63, 3.8) is 0 Å². The molecule has 2 aliphatic rings. The Balaban J connectivity index is 2.13. The average molecular weight is 186 g/mol. The molecule has 0 saturated carbocycles. The molecule has 0 aliphatic carbocycles. The Morgan fingerprint density at radius 3 is 2.62 bits per heavy atom. The standard InChI is InChI=1S/C10H18O3/c1-5-8-4-12-9(5)6(2)10(13-8)7(3)11/h5-11H,4H2,1-3H3/t5-,6-,7-,8+,9-,10+/m1/s1. The quantitative estimate of drug-likeness (QED) is 0.658. The molecule has 2 fully saturated rings. The van der Waals surface area contributed by atoms with Gasteiger partial charge in [0.1, 0.15) is 0 Å². The summed E-state index contributed by atoms with van der Waals surface area (Å²) in [5.74, 6) is 0.777. The highest BCUT2D eigenvalue weighted by molar-refractivity contribution is 4.94. The van der Waals surface area contributed by atoms with Crippen molar-refractivity contribution in [3.05, 3.63) is 0 Å². The number of aliphatic hydroxyl groups excluding tert-OH is 1. The predicted molar refractivity (Wildman–Crippen MR) is 48.4 cm³/mol. The maximum atomic E-state index is 9.52. The van der Waals surface area contributed by atoms with E-state index >= 15 is 0 Å². The molecule has 2 aliphatic heterocycles. The van der Waals surface area contributed by atoms with Crippen molar-refractivity contribution in [2.75, 3.05) is 6.61 Å². The van der Waals surface area contributed by atoms with Gasteiger partial charge in [0.25, 0.3) is 0 Å². The second kappa shape index (κ2) is 3.23. The van der Waals surface area contributed by atoms with Crippen LogP contribution in [0.4, 0.5) is 0 Å². The summed E-state index contributed by atoms with van der Waals surface area (Å²) in [5.41, 5.74) is 0. The van der Waals surface area contributed by atoms with Crippen LogP contribution in [0.2, 0.25) is 0 Å². The Bertz CT molecular complexity index is 193. The summed E-state index contributed by atoms with van der Waals surface area (Å²) in [6.07, 6.45) is 0.0297. The van der Waals surface area contributed by atoms with Crippen LogP contribution in [0, 0.1) is 11.8 Å². The molecule has 2 bridgehead atoms. The van der Waals surface area contributed by atoms with Gasteiger partial charge in [0.15, 0.2) is 0 Å². The molecule has 3 heteroatoms. The summed E-state index contributed by atoms with van der Waals surface area (Å²) < 4.78 is 11.4. The molecule has 6 atom stereocenters. The number of aliphatic hydroxyl groups is 1. The smallest absolute Gasteiger partial charge is 0.0886 e. The van der Waals surface area contributed by atoms with Crippen molar-refractivity contribution < 1.29 is 14.6 Å². The highest BCUT2D eigenvalue weighted by Gasteiger charge is 2.48. The van der Waals surface area contributed by atoms with E-state index in [0.717, 1.165) is 0 Å². The Hall–Kier alpha value is -0.120. The minimum Gasteiger partial charge on any atom is -0.391 e. The molecule has 0 aromatic heterocycles. The van der Waals surface area contributed by atoms with Crippen LogP contribution in [0.25, 0.3) is 0 Å². The molecule has 0 amide bonds. The maximum Gasteiger partial charge on any atom is 0.0886 e. The summed E-state index contributed by atoms with van der Waals surface area (Å²) in [5, 5.41) is 9.52.